The molecule has 0 saturated carbocycles. The molecule has 3 aromatic heterocycles. The number of methoxy groups -OCH3 is 1. The average Bonchev–Trinajstić information content (AvgIpc) is 3.68. The van der Waals surface area contributed by atoms with E-state index in [4.69, 9.17) is 24.5 Å². The summed E-state index contributed by atoms with van der Waals surface area (Å²) in [6, 6.07) is 9.42. The van der Waals surface area contributed by atoms with Gasteiger partial charge >= 0.3 is 24.3 Å². The quantitative estimate of drug-likeness (QED) is 0.0723. The number of hydrogen-bond acceptors (Lipinski definition) is 7. The molecule has 0 aliphatic rings. The van der Waals surface area contributed by atoms with Gasteiger partial charge in [-0.05, 0) is 55.7 Å². The van der Waals surface area contributed by atoms with Crippen molar-refractivity contribution in [2.45, 2.75) is 77.2 Å². The van der Waals surface area contributed by atoms with Crippen molar-refractivity contribution >= 4 is 34.5 Å². The van der Waals surface area contributed by atoms with Gasteiger partial charge in [0.25, 0.3) is 0 Å². The molecular formula is C33H37F6N5O7. The lowest BCUT2D eigenvalue weighted by molar-refractivity contribution is -0.193. The Hall–Kier alpha value is -5.42. The molecule has 3 heterocycles. The number of ether oxygens (including phenoxy) is 1. The van der Waals surface area contributed by atoms with Crippen molar-refractivity contribution in [3.8, 4) is 17.0 Å². The Balaban J connectivity index is 0.000000543. The second-order valence-corrected chi connectivity index (χ2v) is 11.0. The number of nitrogens with zero attached hydrogens (tertiary/aromatic N) is 2. The Morgan fingerprint density at radius 2 is 1.59 bits per heavy atom. The highest BCUT2D eigenvalue weighted by molar-refractivity contribution is 5.91. The minimum atomic E-state index is -5.08. The summed E-state index contributed by atoms with van der Waals surface area (Å²) in [4.78, 5) is 58.2. The number of alkyl halides is 6. The molecule has 0 aliphatic heterocycles. The summed E-state index contributed by atoms with van der Waals surface area (Å²) in [6.07, 6.45) is -0.0271. The Labute approximate surface area is 287 Å². The van der Waals surface area contributed by atoms with Gasteiger partial charge in [-0.25, -0.2) is 14.6 Å². The Bertz CT molecular complexity index is 1730. The summed E-state index contributed by atoms with van der Waals surface area (Å²) in [5.41, 5.74) is 4.70. The number of H-pyrrole nitrogens is 2. The van der Waals surface area contributed by atoms with Crippen LogP contribution < -0.4 is 10.1 Å². The van der Waals surface area contributed by atoms with Gasteiger partial charge in [-0.1, -0.05) is 19.8 Å². The van der Waals surface area contributed by atoms with E-state index in [9.17, 15) is 35.9 Å². The van der Waals surface area contributed by atoms with Gasteiger partial charge in [0, 0.05) is 47.4 Å². The molecule has 51 heavy (non-hydrogen) atoms. The Morgan fingerprint density at radius 1 is 0.941 bits per heavy atom. The second kappa shape index (κ2) is 19.1. The highest BCUT2D eigenvalue weighted by atomic mass is 19.4. The van der Waals surface area contributed by atoms with E-state index in [0.29, 0.717) is 24.4 Å². The van der Waals surface area contributed by atoms with Gasteiger partial charge in [0.15, 0.2) is 0 Å². The van der Waals surface area contributed by atoms with Crippen molar-refractivity contribution in [1.29, 1.82) is 0 Å². The fourth-order valence-electron chi connectivity index (χ4n) is 4.61. The number of imidazole rings is 1. The van der Waals surface area contributed by atoms with Crippen LogP contribution in [0.3, 0.4) is 0 Å². The van der Waals surface area contributed by atoms with Gasteiger partial charge in [0.05, 0.1) is 31.5 Å². The lowest BCUT2D eigenvalue weighted by Crippen LogP contribution is -2.30. The molecule has 12 nitrogen and oxygen atoms in total. The van der Waals surface area contributed by atoms with Crippen molar-refractivity contribution in [2.24, 2.45) is 0 Å². The summed E-state index contributed by atoms with van der Waals surface area (Å²) < 4.78 is 68.9. The van der Waals surface area contributed by atoms with Gasteiger partial charge in [-0.2, -0.15) is 26.3 Å². The molecule has 0 spiro atoms. The number of unbranched alkanes of at least 4 members (excludes halogenated alkanes) is 2. The number of Topliss-reactive ketones (excluding diaryl/α,β-unsaturated/α-hetero) is 1. The standard InChI is InChI=1S/C29H35N5O3.2C2HF3O2/c1-4-21(35)10-6-5-7-11-26(29-31-18-27(34-29)20-9-8-14-30-17-20)33-28(36)16-23-19(2)32-25-13-12-22(37-3)15-24(23)25;2*3-2(4,5)1(6)7/h8-9,12-15,17-18,26,32H,4-7,10-11,16H2,1-3H3,(H,31,34)(H,33,36);2*(H,6,7)/t26-;;/m0../s1. The van der Waals surface area contributed by atoms with Crippen molar-refractivity contribution in [1.82, 2.24) is 25.3 Å². The molecule has 0 fully saturated rings. The maximum Gasteiger partial charge on any atom is 0.490 e. The summed E-state index contributed by atoms with van der Waals surface area (Å²) in [6.45, 7) is 3.88. The van der Waals surface area contributed by atoms with E-state index in [2.05, 4.69) is 25.3 Å². The molecular weight excluding hydrogens is 692 g/mol. The fourth-order valence-corrected chi connectivity index (χ4v) is 4.61. The highest BCUT2D eigenvalue weighted by Gasteiger charge is 2.38. The van der Waals surface area contributed by atoms with Gasteiger partial charge in [-0.15, -0.1) is 0 Å². The molecule has 4 rings (SSSR count). The number of hydrogen-bond donors (Lipinski definition) is 5. The third kappa shape index (κ3) is 13.8. The predicted octanol–water partition coefficient (Wildman–Crippen LogP) is 6.87. The molecule has 0 bridgehead atoms. The number of rotatable bonds is 13. The van der Waals surface area contributed by atoms with E-state index in [1.807, 2.05) is 44.2 Å². The Kier molecular flexibility index (Phi) is 15.6. The van der Waals surface area contributed by atoms with E-state index >= 15 is 0 Å². The van der Waals surface area contributed by atoms with Crippen molar-refractivity contribution in [2.75, 3.05) is 7.11 Å². The molecule has 1 atom stereocenters. The topological polar surface area (TPSA) is 187 Å². The molecule has 18 heteroatoms. The van der Waals surface area contributed by atoms with Crippen LogP contribution in [0.2, 0.25) is 0 Å². The van der Waals surface area contributed by atoms with Crippen LogP contribution in [0, 0.1) is 6.92 Å². The molecule has 4 aromatic rings. The first-order chi connectivity index (χ1) is 23.9. The predicted molar refractivity (Wildman–Crippen MR) is 172 cm³/mol. The van der Waals surface area contributed by atoms with Gasteiger partial charge < -0.3 is 30.2 Å². The van der Waals surface area contributed by atoms with Crippen LogP contribution in [0.25, 0.3) is 22.2 Å². The largest absolute Gasteiger partial charge is 0.497 e. The van der Waals surface area contributed by atoms with Crippen LogP contribution in [0.15, 0.2) is 48.9 Å². The number of aromatic nitrogens is 4. The van der Waals surface area contributed by atoms with Crippen LogP contribution in [0.5, 0.6) is 5.75 Å². The number of nitrogens with one attached hydrogen (secondary N) is 3. The number of carboxylic acid groups (broad SMARTS) is 2. The third-order valence-corrected chi connectivity index (χ3v) is 7.23. The molecule has 0 unspecified atom stereocenters. The first-order valence-electron chi connectivity index (χ1n) is 15.4. The number of benzene rings is 1. The number of ketones is 1. The van der Waals surface area contributed by atoms with E-state index in [1.54, 1.807) is 25.7 Å². The fraction of sp³-hybridized carbons (Fsp3) is 0.394. The summed E-state index contributed by atoms with van der Waals surface area (Å²) >= 11 is 0. The van der Waals surface area contributed by atoms with E-state index < -0.39 is 24.3 Å². The maximum atomic E-state index is 13.3. The van der Waals surface area contributed by atoms with Crippen LogP contribution in [-0.2, 0) is 25.6 Å². The number of amides is 1. The summed E-state index contributed by atoms with van der Waals surface area (Å²) in [5, 5.41) is 18.4. The summed E-state index contributed by atoms with van der Waals surface area (Å²) in [7, 11) is 1.64. The first-order valence-corrected chi connectivity index (χ1v) is 15.4. The lowest BCUT2D eigenvalue weighted by atomic mass is 10.0. The van der Waals surface area contributed by atoms with Gasteiger partial charge in [-0.3, -0.25) is 14.6 Å². The van der Waals surface area contributed by atoms with Crippen LogP contribution in [0.4, 0.5) is 26.3 Å². The number of halogens is 6. The number of aromatic amines is 2. The first kappa shape index (κ1) is 41.7. The number of pyridine rings is 1. The molecule has 0 saturated heterocycles. The summed E-state index contributed by atoms with van der Waals surface area (Å²) in [5.74, 6) is -3.82. The van der Waals surface area contributed by atoms with Crippen LogP contribution >= 0.6 is 0 Å². The normalized spacial score (nSPS) is 11.8. The number of aliphatic carboxylic acids is 2. The number of fused-ring (bicyclic) bond motifs is 1. The molecule has 0 aliphatic carbocycles. The SMILES string of the molecule is CCC(=O)CCCCC[C@H](NC(=O)Cc1c(C)[nH]c2ccc(OC)cc12)c1ncc(-c2cccnc2)[nH]1.O=C(O)C(F)(F)F.O=C(O)C(F)(F)F. The van der Waals surface area contributed by atoms with Crippen LogP contribution in [0.1, 0.15) is 68.6 Å². The number of carbonyl (C=O) groups is 4. The Morgan fingerprint density at radius 3 is 2.14 bits per heavy atom. The van der Waals surface area contributed by atoms with E-state index in [1.165, 1.54) is 0 Å². The maximum absolute atomic E-state index is 13.3. The van der Waals surface area contributed by atoms with Crippen LogP contribution in [-0.4, -0.2) is 73.2 Å². The van der Waals surface area contributed by atoms with E-state index in [0.717, 1.165) is 64.9 Å². The highest BCUT2D eigenvalue weighted by Crippen LogP contribution is 2.28. The third-order valence-electron chi connectivity index (χ3n) is 7.23. The second-order valence-electron chi connectivity index (χ2n) is 11.0. The molecule has 5 N–H and O–H groups in total. The smallest absolute Gasteiger partial charge is 0.490 e. The zero-order valence-corrected chi connectivity index (χ0v) is 27.7. The minimum Gasteiger partial charge on any atom is -0.497 e. The number of carboxylic acids is 2. The number of aryl methyl sites for hydroxylation is 1. The monoisotopic (exact) mass is 729 g/mol. The molecule has 1 aromatic carbocycles. The van der Waals surface area contributed by atoms with Crippen molar-refractivity contribution in [3.63, 3.8) is 0 Å². The molecule has 0 radical (unpaired) electrons. The van der Waals surface area contributed by atoms with Crippen molar-refractivity contribution in [3.05, 3.63) is 66.0 Å². The number of carbonyl (C=O) groups excluding carboxylic acids is 2. The zero-order chi connectivity index (χ0) is 38.4. The minimum absolute atomic E-state index is 0.0719. The molecule has 278 valence electrons. The van der Waals surface area contributed by atoms with Gasteiger partial charge in [0.2, 0.25) is 5.91 Å². The lowest BCUT2D eigenvalue weighted by Gasteiger charge is -2.17. The zero-order valence-electron chi connectivity index (χ0n) is 27.7. The molecule has 1 amide bonds. The van der Waals surface area contributed by atoms with Crippen molar-refractivity contribution < 1.29 is 60.5 Å². The van der Waals surface area contributed by atoms with Gasteiger partial charge in [0.1, 0.15) is 17.4 Å². The van der Waals surface area contributed by atoms with E-state index in [-0.39, 0.29) is 18.4 Å². The average molecular weight is 730 g/mol.